The third-order valence-corrected chi connectivity index (χ3v) is 5.25. The molecule has 138 valence electrons. The van der Waals surface area contributed by atoms with Gasteiger partial charge in [0.1, 0.15) is 5.82 Å². The minimum Gasteiger partial charge on any atom is -0.389 e. The van der Waals surface area contributed by atoms with Gasteiger partial charge in [-0.2, -0.15) is 4.98 Å². The quantitative estimate of drug-likeness (QED) is 0.783. The number of hydrogen-bond donors (Lipinski definition) is 1. The fraction of sp³-hybridized carbons (Fsp3) is 0.765. The van der Waals surface area contributed by atoms with Gasteiger partial charge in [-0.1, -0.05) is 0 Å². The SMILES string of the molecule is Cc1cc(N2CCN(C3COCC3O)CC2)nc(N2CCOCC2)n1. The first-order valence-corrected chi connectivity index (χ1v) is 9.14. The summed E-state index contributed by atoms with van der Waals surface area (Å²) in [6.45, 7) is 9.92. The van der Waals surface area contributed by atoms with Crippen molar-refractivity contribution < 1.29 is 14.6 Å². The van der Waals surface area contributed by atoms with Crippen molar-refractivity contribution in [3.05, 3.63) is 11.8 Å². The Labute approximate surface area is 148 Å². The Balaban J connectivity index is 1.43. The van der Waals surface area contributed by atoms with E-state index >= 15 is 0 Å². The van der Waals surface area contributed by atoms with Crippen molar-refractivity contribution in [1.29, 1.82) is 0 Å². The molecule has 0 aromatic carbocycles. The second-order valence-corrected chi connectivity index (χ2v) is 6.96. The van der Waals surface area contributed by atoms with Crippen molar-refractivity contribution in [3.63, 3.8) is 0 Å². The highest BCUT2D eigenvalue weighted by Gasteiger charge is 2.33. The van der Waals surface area contributed by atoms with E-state index in [2.05, 4.69) is 25.8 Å². The molecule has 4 heterocycles. The standard InChI is InChI=1S/C17H27N5O3/c1-13-10-16(19-17(18-13)22-6-8-24-9-7-22)21-4-2-20(3-5-21)14-11-25-12-15(14)23/h10,14-15,23H,2-9,11-12H2,1H3. The number of anilines is 2. The fourth-order valence-corrected chi connectivity index (χ4v) is 3.77. The van der Waals surface area contributed by atoms with Crippen molar-refractivity contribution in [1.82, 2.24) is 14.9 Å². The Morgan fingerprint density at radius 1 is 0.960 bits per heavy atom. The largest absolute Gasteiger partial charge is 0.389 e. The molecule has 3 aliphatic rings. The molecule has 0 bridgehead atoms. The van der Waals surface area contributed by atoms with E-state index < -0.39 is 0 Å². The zero-order chi connectivity index (χ0) is 17.2. The molecule has 0 amide bonds. The first-order chi connectivity index (χ1) is 12.2. The molecule has 0 saturated carbocycles. The molecule has 8 nitrogen and oxygen atoms in total. The lowest BCUT2D eigenvalue weighted by Crippen LogP contribution is -2.53. The van der Waals surface area contributed by atoms with Crippen LogP contribution in [0.1, 0.15) is 5.69 Å². The summed E-state index contributed by atoms with van der Waals surface area (Å²) >= 11 is 0. The smallest absolute Gasteiger partial charge is 0.227 e. The number of morpholine rings is 1. The Morgan fingerprint density at radius 2 is 1.72 bits per heavy atom. The summed E-state index contributed by atoms with van der Waals surface area (Å²) < 4.78 is 10.8. The minimum atomic E-state index is -0.360. The summed E-state index contributed by atoms with van der Waals surface area (Å²) in [4.78, 5) is 16.3. The maximum atomic E-state index is 10.0. The second kappa shape index (κ2) is 7.41. The summed E-state index contributed by atoms with van der Waals surface area (Å²) in [5.74, 6) is 1.80. The molecule has 3 fully saturated rings. The van der Waals surface area contributed by atoms with Crippen LogP contribution in [-0.2, 0) is 9.47 Å². The highest BCUT2D eigenvalue weighted by molar-refractivity contribution is 5.46. The van der Waals surface area contributed by atoms with Crippen molar-refractivity contribution in [3.8, 4) is 0 Å². The average molecular weight is 349 g/mol. The van der Waals surface area contributed by atoms with Crippen LogP contribution in [-0.4, -0.2) is 97.8 Å². The van der Waals surface area contributed by atoms with Gasteiger partial charge >= 0.3 is 0 Å². The number of piperazine rings is 1. The average Bonchev–Trinajstić information content (AvgIpc) is 3.08. The van der Waals surface area contributed by atoms with Crippen LogP contribution in [0.4, 0.5) is 11.8 Å². The number of hydrogen-bond acceptors (Lipinski definition) is 8. The summed E-state index contributed by atoms with van der Waals surface area (Å²) in [5.41, 5.74) is 0.994. The molecule has 2 unspecified atom stereocenters. The molecular formula is C17H27N5O3. The van der Waals surface area contributed by atoms with E-state index in [4.69, 9.17) is 14.5 Å². The number of nitrogens with zero attached hydrogens (tertiary/aromatic N) is 5. The van der Waals surface area contributed by atoms with E-state index in [1.165, 1.54) is 0 Å². The van der Waals surface area contributed by atoms with Crippen LogP contribution >= 0.6 is 0 Å². The number of ether oxygens (including phenoxy) is 2. The molecule has 3 saturated heterocycles. The molecule has 8 heteroatoms. The third-order valence-electron chi connectivity index (χ3n) is 5.25. The first-order valence-electron chi connectivity index (χ1n) is 9.14. The van der Waals surface area contributed by atoms with Gasteiger partial charge in [-0.15, -0.1) is 0 Å². The van der Waals surface area contributed by atoms with Gasteiger partial charge in [0.25, 0.3) is 0 Å². The summed E-state index contributed by atoms with van der Waals surface area (Å²) in [6, 6.07) is 2.20. The molecule has 25 heavy (non-hydrogen) atoms. The van der Waals surface area contributed by atoms with Crippen molar-refractivity contribution >= 4 is 11.8 Å². The van der Waals surface area contributed by atoms with E-state index in [1.54, 1.807) is 0 Å². The highest BCUT2D eigenvalue weighted by Crippen LogP contribution is 2.22. The fourth-order valence-electron chi connectivity index (χ4n) is 3.77. The number of aryl methyl sites for hydroxylation is 1. The molecular weight excluding hydrogens is 322 g/mol. The van der Waals surface area contributed by atoms with Gasteiger partial charge in [0.05, 0.1) is 38.6 Å². The maximum Gasteiger partial charge on any atom is 0.227 e. The molecule has 0 radical (unpaired) electrons. The first kappa shape index (κ1) is 17.0. The van der Waals surface area contributed by atoms with Gasteiger partial charge in [0.2, 0.25) is 5.95 Å². The van der Waals surface area contributed by atoms with E-state index in [-0.39, 0.29) is 12.1 Å². The summed E-state index contributed by atoms with van der Waals surface area (Å²) in [7, 11) is 0. The summed E-state index contributed by atoms with van der Waals surface area (Å²) in [6.07, 6.45) is -0.360. The topological polar surface area (TPSA) is 74.2 Å². The van der Waals surface area contributed by atoms with Crippen LogP contribution in [0.3, 0.4) is 0 Å². The van der Waals surface area contributed by atoms with Crippen LogP contribution in [0.25, 0.3) is 0 Å². The Hall–Kier alpha value is -1.48. The zero-order valence-corrected chi connectivity index (χ0v) is 14.8. The van der Waals surface area contributed by atoms with Crippen molar-refractivity contribution in [2.24, 2.45) is 0 Å². The molecule has 2 atom stereocenters. The monoisotopic (exact) mass is 349 g/mol. The highest BCUT2D eigenvalue weighted by atomic mass is 16.5. The van der Waals surface area contributed by atoms with Crippen LogP contribution in [0.2, 0.25) is 0 Å². The van der Waals surface area contributed by atoms with Crippen LogP contribution in [0.15, 0.2) is 6.07 Å². The maximum absolute atomic E-state index is 10.0. The predicted octanol–water partition coefficient (Wildman–Crippen LogP) is -0.497. The van der Waals surface area contributed by atoms with E-state index in [0.717, 1.165) is 69.9 Å². The molecule has 1 aromatic heterocycles. The molecule has 1 N–H and O–H groups in total. The lowest BCUT2D eigenvalue weighted by atomic mass is 10.1. The van der Waals surface area contributed by atoms with Crippen LogP contribution < -0.4 is 9.80 Å². The number of aromatic nitrogens is 2. The number of aliphatic hydroxyl groups excluding tert-OH is 1. The third kappa shape index (κ3) is 3.72. The molecule has 0 spiro atoms. The molecule has 0 aliphatic carbocycles. The zero-order valence-electron chi connectivity index (χ0n) is 14.8. The summed E-state index contributed by atoms with van der Waals surface area (Å²) in [5, 5.41) is 10.0. The Morgan fingerprint density at radius 3 is 2.40 bits per heavy atom. The van der Waals surface area contributed by atoms with Gasteiger partial charge in [0, 0.05) is 51.0 Å². The second-order valence-electron chi connectivity index (χ2n) is 6.96. The van der Waals surface area contributed by atoms with Crippen LogP contribution in [0, 0.1) is 6.92 Å². The van der Waals surface area contributed by atoms with Gasteiger partial charge in [-0.05, 0) is 6.92 Å². The molecule has 4 rings (SSSR count). The van der Waals surface area contributed by atoms with Gasteiger partial charge in [-0.3, -0.25) is 4.90 Å². The Bertz CT molecular complexity index is 588. The van der Waals surface area contributed by atoms with Crippen molar-refractivity contribution in [2.75, 3.05) is 75.5 Å². The van der Waals surface area contributed by atoms with E-state index in [1.807, 2.05) is 6.92 Å². The van der Waals surface area contributed by atoms with Gasteiger partial charge in [-0.25, -0.2) is 4.98 Å². The van der Waals surface area contributed by atoms with Gasteiger partial charge < -0.3 is 24.4 Å². The lowest BCUT2D eigenvalue weighted by molar-refractivity contribution is 0.0784. The number of aliphatic hydroxyl groups is 1. The number of rotatable bonds is 3. The lowest BCUT2D eigenvalue weighted by Gasteiger charge is -2.39. The van der Waals surface area contributed by atoms with Crippen LogP contribution in [0.5, 0.6) is 0 Å². The van der Waals surface area contributed by atoms with Crippen molar-refractivity contribution in [2.45, 2.75) is 19.1 Å². The molecule has 1 aromatic rings. The molecule has 3 aliphatic heterocycles. The normalized spacial score (nSPS) is 28.6. The van der Waals surface area contributed by atoms with E-state index in [9.17, 15) is 5.11 Å². The van der Waals surface area contributed by atoms with Gasteiger partial charge in [0.15, 0.2) is 0 Å². The minimum absolute atomic E-state index is 0.137. The van der Waals surface area contributed by atoms with E-state index in [0.29, 0.717) is 13.2 Å². The predicted molar refractivity (Wildman–Crippen MR) is 94.2 cm³/mol. The Kier molecular flexibility index (Phi) is 5.03.